The van der Waals surface area contributed by atoms with Gasteiger partial charge in [0, 0.05) is 0 Å². The molecule has 0 saturated carbocycles. The molecule has 1 aromatic rings. The first-order chi connectivity index (χ1) is 12.6. The molecule has 0 amide bonds. The summed E-state index contributed by atoms with van der Waals surface area (Å²) in [5.74, 6) is 0.229. The van der Waals surface area contributed by atoms with E-state index in [-0.39, 0.29) is 5.75 Å². The van der Waals surface area contributed by atoms with E-state index in [4.69, 9.17) is 11.6 Å². The Hall–Kier alpha value is -0.690. The minimum atomic E-state index is 0.229. The molecule has 0 saturated heterocycles. The van der Waals surface area contributed by atoms with E-state index in [2.05, 4.69) is 13.0 Å². The Morgan fingerprint density at radius 2 is 1.12 bits per heavy atom. The molecule has 26 heavy (non-hydrogen) atoms. The Balaban J connectivity index is 1.87. The fourth-order valence-corrected chi connectivity index (χ4v) is 3.94. The zero-order valence-corrected chi connectivity index (χ0v) is 18.0. The summed E-state index contributed by atoms with van der Waals surface area (Å²) in [6.07, 6.45) is 22.0. The van der Waals surface area contributed by atoms with Crippen LogP contribution in [0.4, 0.5) is 0 Å². The smallest absolute Gasteiger partial charge is 0.137 e. The maximum atomic E-state index is 9.70. The molecule has 0 aliphatic carbocycles. The van der Waals surface area contributed by atoms with Crippen molar-refractivity contribution in [3.05, 3.63) is 28.3 Å². The first-order valence-corrected chi connectivity index (χ1v) is 11.5. The second-order valence-electron chi connectivity index (χ2n) is 7.94. The van der Waals surface area contributed by atoms with Crippen LogP contribution in [-0.2, 0) is 6.42 Å². The van der Waals surface area contributed by atoms with Crippen LogP contribution in [0.2, 0.25) is 5.02 Å². The molecule has 0 atom stereocenters. The fourth-order valence-electron chi connectivity index (χ4n) is 3.65. The lowest BCUT2D eigenvalue weighted by molar-refractivity contribution is 0.471. The summed E-state index contributed by atoms with van der Waals surface area (Å²) >= 11 is 6.04. The molecule has 0 spiro atoms. The molecule has 1 rings (SSSR count). The number of halogens is 1. The monoisotopic (exact) mass is 380 g/mol. The molecular weight excluding hydrogens is 340 g/mol. The predicted octanol–water partition coefficient (Wildman–Crippen LogP) is 8.77. The number of phenolic OH excluding ortho intramolecular Hbond substituents is 1. The van der Waals surface area contributed by atoms with Gasteiger partial charge in [-0.15, -0.1) is 0 Å². The first kappa shape index (κ1) is 23.3. The van der Waals surface area contributed by atoms with Crippen LogP contribution < -0.4 is 0 Å². The highest BCUT2D eigenvalue weighted by Gasteiger charge is 2.04. The number of unbranched alkanes of at least 4 members (excludes halogenated alkanes) is 14. The molecule has 0 aromatic heterocycles. The summed E-state index contributed by atoms with van der Waals surface area (Å²) in [6.45, 7) is 4.20. The van der Waals surface area contributed by atoms with Gasteiger partial charge in [0.05, 0.1) is 5.02 Å². The summed E-state index contributed by atoms with van der Waals surface area (Å²) in [5, 5.41) is 10.2. The second kappa shape index (κ2) is 15.4. The van der Waals surface area contributed by atoms with Crippen LogP contribution in [0, 0.1) is 6.92 Å². The van der Waals surface area contributed by atoms with Gasteiger partial charge in [0.2, 0.25) is 0 Å². The third kappa shape index (κ3) is 11.1. The van der Waals surface area contributed by atoms with Crippen molar-refractivity contribution in [1.29, 1.82) is 0 Å². The van der Waals surface area contributed by atoms with Gasteiger partial charge in [0.1, 0.15) is 5.75 Å². The molecule has 1 nitrogen and oxygen atoms in total. The molecule has 0 bridgehead atoms. The zero-order valence-electron chi connectivity index (χ0n) is 17.3. The summed E-state index contributed by atoms with van der Waals surface area (Å²) in [5.41, 5.74) is 2.13. The van der Waals surface area contributed by atoms with Crippen molar-refractivity contribution in [3.8, 4) is 5.75 Å². The summed E-state index contributed by atoms with van der Waals surface area (Å²) in [6, 6.07) is 3.97. The van der Waals surface area contributed by atoms with Crippen molar-refractivity contribution in [2.75, 3.05) is 0 Å². The molecule has 0 radical (unpaired) electrons. The maximum Gasteiger partial charge on any atom is 0.137 e. The second-order valence-corrected chi connectivity index (χ2v) is 8.35. The summed E-state index contributed by atoms with van der Waals surface area (Å²) in [7, 11) is 0. The minimum Gasteiger partial charge on any atom is -0.506 e. The molecule has 1 aromatic carbocycles. The van der Waals surface area contributed by atoms with Crippen molar-refractivity contribution in [1.82, 2.24) is 0 Å². The van der Waals surface area contributed by atoms with Gasteiger partial charge >= 0.3 is 0 Å². The highest BCUT2D eigenvalue weighted by atomic mass is 35.5. The van der Waals surface area contributed by atoms with Crippen LogP contribution >= 0.6 is 11.6 Å². The lowest BCUT2D eigenvalue weighted by Gasteiger charge is -2.07. The third-order valence-electron chi connectivity index (χ3n) is 5.38. The lowest BCUT2D eigenvalue weighted by atomic mass is 10.0. The standard InChI is InChI=1S/C24H41ClO/c1-3-4-5-6-7-8-9-10-11-12-13-14-15-16-17-18-22-19-21(2)24(26)23(25)20-22/h19-20,26H,3-18H2,1-2H3. The molecule has 0 aliphatic heterocycles. The number of hydrogen-bond donors (Lipinski definition) is 1. The molecule has 0 unspecified atom stereocenters. The molecule has 2 heteroatoms. The Bertz CT molecular complexity index is 446. The van der Waals surface area contributed by atoms with Gasteiger partial charge < -0.3 is 5.11 Å². The van der Waals surface area contributed by atoms with Gasteiger partial charge in [-0.1, -0.05) is 114 Å². The number of phenols is 1. The van der Waals surface area contributed by atoms with Gasteiger partial charge in [-0.05, 0) is 37.0 Å². The average molecular weight is 381 g/mol. The van der Waals surface area contributed by atoms with Gasteiger partial charge in [0.15, 0.2) is 0 Å². The van der Waals surface area contributed by atoms with E-state index in [1.165, 1.54) is 102 Å². The largest absolute Gasteiger partial charge is 0.506 e. The molecular formula is C24H41ClO. The van der Waals surface area contributed by atoms with Gasteiger partial charge in [-0.25, -0.2) is 0 Å². The van der Waals surface area contributed by atoms with Crippen LogP contribution in [0.25, 0.3) is 0 Å². The topological polar surface area (TPSA) is 20.2 Å². The number of hydrogen-bond acceptors (Lipinski definition) is 1. The van der Waals surface area contributed by atoms with E-state index in [1.54, 1.807) is 0 Å². The Kier molecular flexibility index (Phi) is 13.8. The number of aryl methyl sites for hydroxylation is 2. The zero-order chi connectivity index (χ0) is 19.0. The fraction of sp³-hybridized carbons (Fsp3) is 0.750. The van der Waals surface area contributed by atoms with Gasteiger partial charge in [-0.2, -0.15) is 0 Å². The third-order valence-corrected chi connectivity index (χ3v) is 5.67. The highest BCUT2D eigenvalue weighted by Crippen LogP contribution is 2.29. The predicted molar refractivity (Wildman–Crippen MR) is 116 cm³/mol. The number of benzene rings is 1. The Morgan fingerprint density at radius 3 is 1.54 bits per heavy atom. The summed E-state index contributed by atoms with van der Waals surface area (Å²) < 4.78 is 0. The van der Waals surface area contributed by atoms with Crippen LogP contribution in [0.1, 0.15) is 114 Å². The normalized spacial score (nSPS) is 11.2. The Morgan fingerprint density at radius 1 is 0.692 bits per heavy atom. The van der Waals surface area contributed by atoms with Gasteiger partial charge in [0.25, 0.3) is 0 Å². The van der Waals surface area contributed by atoms with Crippen LogP contribution in [0.5, 0.6) is 5.75 Å². The maximum absolute atomic E-state index is 9.70. The van der Waals surface area contributed by atoms with E-state index in [0.717, 1.165) is 12.0 Å². The van der Waals surface area contributed by atoms with Crippen molar-refractivity contribution in [3.63, 3.8) is 0 Å². The number of rotatable bonds is 16. The first-order valence-electron chi connectivity index (χ1n) is 11.1. The molecule has 150 valence electrons. The average Bonchev–Trinajstić information content (AvgIpc) is 2.62. The SMILES string of the molecule is CCCCCCCCCCCCCCCCCc1cc(C)c(O)c(Cl)c1. The number of aromatic hydroxyl groups is 1. The van der Waals surface area contributed by atoms with E-state index < -0.39 is 0 Å². The van der Waals surface area contributed by atoms with Crippen LogP contribution in [-0.4, -0.2) is 5.11 Å². The quantitative estimate of drug-likeness (QED) is 0.284. The van der Waals surface area contributed by atoms with Crippen molar-refractivity contribution >= 4 is 11.6 Å². The van der Waals surface area contributed by atoms with E-state index in [9.17, 15) is 5.11 Å². The Labute approximate surface area is 167 Å². The van der Waals surface area contributed by atoms with Crippen molar-refractivity contribution < 1.29 is 5.11 Å². The van der Waals surface area contributed by atoms with Crippen molar-refractivity contribution in [2.45, 2.75) is 117 Å². The van der Waals surface area contributed by atoms with E-state index in [0.29, 0.717) is 5.02 Å². The molecule has 0 aliphatic rings. The van der Waals surface area contributed by atoms with E-state index in [1.807, 2.05) is 13.0 Å². The molecule has 0 fully saturated rings. The molecule has 0 heterocycles. The van der Waals surface area contributed by atoms with Crippen LogP contribution in [0.15, 0.2) is 12.1 Å². The summed E-state index contributed by atoms with van der Waals surface area (Å²) in [4.78, 5) is 0. The van der Waals surface area contributed by atoms with E-state index >= 15 is 0 Å². The van der Waals surface area contributed by atoms with Crippen LogP contribution in [0.3, 0.4) is 0 Å². The van der Waals surface area contributed by atoms with Gasteiger partial charge in [-0.3, -0.25) is 0 Å². The molecule has 1 N–H and O–H groups in total. The lowest BCUT2D eigenvalue weighted by Crippen LogP contribution is -1.89. The minimum absolute atomic E-state index is 0.229. The highest BCUT2D eigenvalue weighted by molar-refractivity contribution is 6.32. The van der Waals surface area contributed by atoms with Crippen molar-refractivity contribution in [2.24, 2.45) is 0 Å².